The number of aliphatic imine (C=N–C) groups is 1. The lowest BCUT2D eigenvalue weighted by molar-refractivity contribution is 0.486. The van der Waals surface area contributed by atoms with Crippen molar-refractivity contribution in [3.63, 3.8) is 0 Å². The van der Waals surface area contributed by atoms with Crippen molar-refractivity contribution < 1.29 is 4.39 Å². The first kappa shape index (κ1) is 16.5. The van der Waals surface area contributed by atoms with Gasteiger partial charge < -0.3 is 10.2 Å². The molecule has 1 heterocycles. The van der Waals surface area contributed by atoms with E-state index in [2.05, 4.69) is 32.7 Å². The van der Waals surface area contributed by atoms with Crippen LogP contribution in [0.5, 0.6) is 0 Å². The van der Waals surface area contributed by atoms with Gasteiger partial charge in [0, 0.05) is 32.1 Å². The van der Waals surface area contributed by atoms with Gasteiger partial charge in [-0.1, -0.05) is 18.2 Å². The maximum Gasteiger partial charge on any atom is 0.193 e. The summed E-state index contributed by atoms with van der Waals surface area (Å²) in [7, 11) is 3.78. The van der Waals surface area contributed by atoms with Gasteiger partial charge in [-0.25, -0.2) is 4.39 Å². The lowest BCUT2D eigenvalue weighted by atomic mass is 10.1. The van der Waals surface area contributed by atoms with Crippen LogP contribution in [-0.2, 0) is 13.0 Å². The molecule has 0 aliphatic rings. The number of thiophene rings is 1. The highest BCUT2D eigenvalue weighted by Gasteiger charge is 2.07. The molecule has 0 unspecified atom stereocenters. The van der Waals surface area contributed by atoms with Gasteiger partial charge >= 0.3 is 0 Å². The quantitative estimate of drug-likeness (QED) is 0.675. The molecule has 2 rings (SSSR count). The Morgan fingerprint density at radius 3 is 2.82 bits per heavy atom. The lowest BCUT2D eigenvalue weighted by Crippen LogP contribution is -2.39. The summed E-state index contributed by atoms with van der Waals surface area (Å²) in [5.74, 6) is 0.651. The third kappa shape index (κ3) is 4.56. The second kappa shape index (κ2) is 7.94. The van der Waals surface area contributed by atoms with Gasteiger partial charge in [-0.3, -0.25) is 4.99 Å². The van der Waals surface area contributed by atoms with Crippen molar-refractivity contribution in [3.8, 4) is 0 Å². The van der Waals surface area contributed by atoms with Gasteiger partial charge in [0.25, 0.3) is 0 Å². The summed E-state index contributed by atoms with van der Waals surface area (Å²) >= 11 is 1.77. The predicted molar refractivity (Wildman–Crippen MR) is 92.0 cm³/mol. The molecule has 0 radical (unpaired) electrons. The summed E-state index contributed by atoms with van der Waals surface area (Å²) in [6.45, 7) is 3.22. The van der Waals surface area contributed by atoms with Crippen molar-refractivity contribution in [2.75, 3.05) is 20.6 Å². The van der Waals surface area contributed by atoms with Gasteiger partial charge in [0.1, 0.15) is 5.82 Å². The van der Waals surface area contributed by atoms with Crippen molar-refractivity contribution in [2.24, 2.45) is 4.99 Å². The molecule has 1 aromatic heterocycles. The Labute approximate surface area is 135 Å². The monoisotopic (exact) mass is 319 g/mol. The fourth-order valence-electron chi connectivity index (χ4n) is 2.15. The predicted octanol–water partition coefficient (Wildman–Crippen LogP) is 3.45. The maximum atomic E-state index is 13.6. The molecule has 0 saturated heterocycles. The second-order valence-electron chi connectivity index (χ2n) is 5.24. The Bertz CT molecular complexity index is 623. The van der Waals surface area contributed by atoms with Gasteiger partial charge in [-0.15, -0.1) is 11.3 Å². The molecule has 0 aliphatic carbocycles. The van der Waals surface area contributed by atoms with Crippen molar-refractivity contribution in [1.82, 2.24) is 10.2 Å². The van der Waals surface area contributed by atoms with E-state index in [-0.39, 0.29) is 5.82 Å². The molecule has 0 bridgehead atoms. The SMILES string of the molecule is CN=C(NCc1ccc(C)c(F)c1)N(C)CCc1cccs1. The van der Waals surface area contributed by atoms with E-state index in [4.69, 9.17) is 0 Å². The first-order chi connectivity index (χ1) is 10.6. The zero-order valence-electron chi connectivity index (χ0n) is 13.3. The van der Waals surface area contributed by atoms with Crippen LogP contribution < -0.4 is 5.32 Å². The summed E-state index contributed by atoms with van der Waals surface area (Å²) < 4.78 is 13.6. The van der Waals surface area contributed by atoms with Crippen LogP contribution in [-0.4, -0.2) is 31.5 Å². The van der Waals surface area contributed by atoms with Crippen LogP contribution in [0.15, 0.2) is 40.7 Å². The van der Waals surface area contributed by atoms with Crippen LogP contribution in [0.2, 0.25) is 0 Å². The normalized spacial score (nSPS) is 11.5. The molecule has 118 valence electrons. The summed E-state index contributed by atoms with van der Waals surface area (Å²) in [4.78, 5) is 7.74. The van der Waals surface area contributed by atoms with Crippen LogP contribution in [0, 0.1) is 12.7 Å². The third-order valence-electron chi connectivity index (χ3n) is 3.53. The highest BCUT2D eigenvalue weighted by molar-refractivity contribution is 7.09. The van der Waals surface area contributed by atoms with E-state index in [1.54, 1.807) is 37.4 Å². The molecule has 0 atom stereocenters. The van der Waals surface area contributed by atoms with Gasteiger partial charge in [0.2, 0.25) is 0 Å². The Morgan fingerprint density at radius 1 is 1.36 bits per heavy atom. The second-order valence-corrected chi connectivity index (χ2v) is 6.27. The molecule has 0 fully saturated rings. The third-order valence-corrected chi connectivity index (χ3v) is 4.47. The highest BCUT2D eigenvalue weighted by Crippen LogP contribution is 2.10. The molecule has 2 aromatic rings. The number of nitrogens with zero attached hydrogens (tertiary/aromatic N) is 2. The number of halogens is 1. The Balaban J connectivity index is 1.87. The summed E-state index contributed by atoms with van der Waals surface area (Å²) in [6, 6.07) is 9.52. The van der Waals surface area contributed by atoms with Gasteiger partial charge in [-0.2, -0.15) is 0 Å². The Hall–Kier alpha value is -1.88. The molecule has 0 aliphatic heterocycles. The minimum absolute atomic E-state index is 0.166. The smallest absolute Gasteiger partial charge is 0.193 e. The van der Waals surface area contributed by atoms with Crippen LogP contribution in [0.1, 0.15) is 16.0 Å². The average Bonchev–Trinajstić information content (AvgIpc) is 3.02. The zero-order valence-corrected chi connectivity index (χ0v) is 14.1. The summed E-state index contributed by atoms with van der Waals surface area (Å²) in [5.41, 5.74) is 1.58. The number of aryl methyl sites for hydroxylation is 1. The maximum absolute atomic E-state index is 13.6. The summed E-state index contributed by atoms with van der Waals surface area (Å²) in [5, 5.41) is 5.37. The minimum atomic E-state index is -0.166. The largest absolute Gasteiger partial charge is 0.352 e. The van der Waals surface area contributed by atoms with Crippen LogP contribution in [0.25, 0.3) is 0 Å². The number of hydrogen-bond donors (Lipinski definition) is 1. The molecule has 0 amide bonds. The van der Waals surface area contributed by atoms with E-state index in [0.717, 1.165) is 24.5 Å². The molecular formula is C17H22FN3S. The van der Waals surface area contributed by atoms with E-state index in [0.29, 0.717) is 12.1 Å². The van der Waals surface area contributed by atoms with E-state index < -0.39 is 0 Å². The minimum Gasteiger partial charge on any atom is -0.352 e. The topological polar surface area (TPSA) is 27.6 Å². The standard InChI is InChI=1S/C17H22FN3S/c1-13-6-7-14(11-16(13)18)12-20-17(19-2)21(3)9-8-15-5-4-10-22-15/h4-7,10-11H,8-9,12H2,1-3H3,(H,19,20). The van der Waals surface area contributed by atoms with Crippen molar-refractivity contribution in [2.45, 2.75) is 19.9 Å². The number of nitrogens with one attached hydrogen (secondary N) is 1. The Morgan fingerprint density at radius 2 is 2.18 bits per heavy atom. The molecule has 5 heteroatoms. The number of guanidine groups is 1. The molecular weight excluding hydrogens is 297 g/mol. The van der Waals surface area contributed by atoms with Crippen molar-refractivity contribution in [3.05, 3.63) is 57.5 Å². The van der Waals surface area contributed by atoms with Crippen molar-refractivity contribution in [1.29, 1.82) is 0 Å². The van der Waals surface area contributed by atoms with E-state index >= 15 is 0 Å². The van der Waals surface area contributed by atoms with Crippen LogP contribution >= 0.6 is 11.3 Å². The van der Waals surface area contributed by atoms with Crippen molar-refractivity contribution >= 4 is 17.3 Å². The number of likely N-dealkylation sites (N-methyl/N-ethyl adjacent to an activating group) is 1. The molecule has 22 heavy (non-hydrogen) atoms. The molecule has 3 nitrogen and oxygen atoms in total. The zero-order chi connectivity index (χ0) is 15.9. The highest BCUT2D eigenvalue weighted by atomic mass is 32.1. The first-order valence-corrected chi connectivity index (χ1v) is 8.17. The van der Waals surface area contributed by atoms with Gasteiger partial charge in [-0.05, 0) is 42.0 Å². The molecule has 0 saturated carbocycles. The van der Waals surface area contributed by atoms with Gasteiger partial charge in [0.05, 0.1) is 0 Å². The lowest BCUT2D eigenvalue weighted by Gasteiger charge is -2.22. The summed E-state index contributed by atoms with van der Waals surface area (Å²) in [6.07, 6.45) is 0.994. The number of benzene rings is 1. The molecule has 1 N–H and O–H groups in total. The van der Waals surface area contributed by atoms with Gasteiger partial charge in [0.15, 0.2) is 5.96 Å². The molecule has 0 spiro atoms. The van der Waals surface area contributed by atoms with Crippen LogP contribution in [0.4, 0.5) is 4.39 Å². The van der Waals surface area contributed by atoms with E-state index in [9.17, 15) is 4.39 Å². The van der Waals surface area contributed by atoms with Crippen LogP contribution in [0.3, 0.4) is 0 Å². The fraction of sp³-hybridized carbons (Fsp3) is 0.353. The Kier molecular flexibility index (Phi) is 5.95. The molecule has 1 aromatic carbocycles. The first-order valence-electron chi connectivity index (χ1n) is 7.29. The number of hydrogen-bond acceptors (Lipinski definition) is 2. The fourth-order valence-corrected chi connectivity index (χ4v) is 2.85. The average molecular weight is 319 g/mol. The number of rotatable bonds is 5. The van der Waals surface area contributed by atoms with E-state index in [1.807, 2.05) is 13.1 Å². The van der Waals surface area contributed by atoms with E-state index in [1.165, 1.54) is 4.88 Å².